The minimum Gasteiger partial charge on any atom is -0.478 e. The van der Waals surface area contributed by atoms with Gasteiger partial charge in [0.25, 0.3) is 0 Å². The van der Waals surface area contributed by atoms with E-state index >= 15 is 0 Å². The lowest BCUT2D eigenvalue weighted by atomic mass is 9.87. The van der Waals surface area contributed by atoms with Crippen LogP contribution in [0.25, 0.3) is 0 Å². The molecule has 1 aromatic heterocycles. The van der Waals surface area contributed by atoms with Crippen molar-refractivity contribution in [3.63, 3.8) is 0 Å². The van der Waals surface area contributed by atoms with Crippen molar-refractivity contribution in [3.8, 4) is 5.88 Å². The highest BCUT2D eigenvalue weighted by Gasteiger charge is 2.28. The van der Waals surface area contributed by atoms with E-state index in [0.717, 1.165) is 19.5 Å². The van der Waals surface area contributed by atoms with Gasteiger partial charge in [-0.3, -0.25) is 0 Å². The van der Waals surface area contributed by atoms with Crippen LogP contribution in [0.1, 0.15) is 17.9 Å². The van der Waals surface area contributed by atoms with Crippen LogP contribution in [0, 0.1) is 5.92 Å². The van der Waals surface area contributed by atoms with Crippen molar-refractivity contribution in [2.45, 2.75) is 12.3 Å². The van der Waals surface area contributed by atoms with Crippen LogP contribution in [0.2, 0.25) is 15.1 Å². The second-order valence-electron chi connectivity index (χ2n) is 5.65. The fourth-order valence-corrected chi connectivity index (χ4v) is 3.35. The summed E-state index contributed by atoms with van der Waals surface area (Å²) in [5.41, 5.74) is 1.22. The molecule has 2 heterocycles. The van der Waals surface area contributed by atoms with Gasteiger partial charge < -0.3 is 10.1 Å². The Morgan fingerprint density at radius 3 is 2.70 bits per heavy atom. The second-order valence-corrected chi connectivity index (χ2v) is 6.90. The van der Waals surface area contributed by atoms with Crippen LogP contribution in [0.5, 0.6) is 5.88 Å². The Kier molecular flexibility index (Phi) is 5.65. The van der Waals surface area contributed by atoms with Gasteiger partial charge in [0.2, 0.25) is 5.88 Å². The van der Waals surface area contributed by atoms with E-state index in [2.05, 4.69) is 16.4 Å². The molecule has 3 nitrogen and oxygen atoms in total. The first-order valence-electron chi connectivity index (χ1n) is 7.53. The molecule has 3 rings (SSSR count). The van der Waals surface area contributed by atoms with E-state index in [1.165, 1.54) is 5.56 Å². The fourth-order valence-electron chi connectivity index (χ4n) is 2.93. The van der Waals surface area contributed by atoms with Gasteiger partial charge in [0.15, 0.2) is 0 Å². The molecule has 0 bridgehead atoms. The zero-order valence-electron chi connectivity index (χ0n) is 12.4. The first kappa shape index (κ1) is 16.8. The maximum Gasteiger partial charge on any atom is 0.213 e. The number of aromatic nitrogens is 1. The van der Waals surface area contributed by atoms with Gasteiger partial charge in [-0.1, -0.05) is 40.9 Å². The van der Waals surface area contributed by atoms with Crippen molar-refractivity contribution < 1.29 is 4.74 Å². The minimum absolute atomic E-state index is 0.423. The summed E-state index contributed by atoms with van der Waals surface area (Å²) in [4.78, 5) is 4.14. The summed E-state index contributed by atoms with van der Waals surface area (Å²) in [6, 6.07) is 9.45. The molecule has 23 heavy (non-hydrogen) atoms. The van der Waals surface area contributed by atoms with Crippen LogP contribution in [0.3, 0.4) is 0 Å². The summed E-state index contributed by atoms with van der Waals surface area (Å²) in [5.74, 6) is 1.53. The zero-order valence-corrected chi connectivity index (χ0v) is 14.7. The van der Waals surface area contributed by atoms with Gasteiger partial charge in [0.05, 0.1) is 21.7 Å². The molecule has 2 atom stereocenters. The summed E-state index contributed by atoms with van der Waals surface area (Å²) in [7, 11) is 0. The normalized spacial score (nSPS) is 20.7. The van der Waals surface area contributed by atoms with Gasteiger partial charge in [-0.15, -0.1) is 0 Å². The number of nitrogens with zero attached hydrogens (tertiary/aromatic N) is 1. The number of halogens is 3. The van der Waals surface area contributed by atoms with Crippen LogP contribution in [0.15, 0.2) is 36.5 Å². The topological polar surface area (TPSA) is 34.1 Å². The Balaban J connectivity index is 1.58. The standard InChI is InChI=1S/C17H17Cl3N2O/c18-13-2-4-17(22-9-13)23-6-5-12-8-21-10-14(12)11-1-3-15(19)16(20)7-11/h1-4,7,9,12,14,21H,5-6,8,10H2/t12-,14-/m0/s1. The number of hydrogen-bond donors (Lipinski definition) is 1. The molecule has 0 spiro atoms. The van der Waals surface area contributed by atoms with Gasteiger partial charge in [0, 0.05) is 24.7 Å². The first-order valence-corrected chi connectivity index (χ1v) is 8.67. The number of nitrogens with one attached hydrogen (secondary N) is 1. The molecule has 122 valence electrons. The van der Waals surface area contributed by atoms with Crippen molar-refractivity contribution in [3.05, 3.63) is 57.2 Å². The number of benzene rings is 1. The Labute approximate surface area is 150 Å². The smallest absolute Gasteiger partial charge is 0.213 e. The van der Waals surface area contributed by atoms with Crippen LogP contribution >= 0.6 is 34.8 Å². The highest BCUT2D eigenvalue weighted by molar-refractivity contribution is 6.42. The highest BCUT2D eigenvalue weighted by Crippen LogP contribution is 2.34. The Bertz CT molecular complexity index is 663. The SMILES string of the molecule is Clc1ccc(OCC[C@H]2CNC[C@H]2c2ccc(Cl)c(Cl)c2)nc1. The molecule has 1 fully saturated rings. The van der Waals surface area contributed by atoms with E-state index in [1.54, 1.807) is 18.3 Å². The van der Waals surface area contributed by atoms with Crippen molar-refractivity contribution in [2.75, 3.05) is 19.7 Å². The van der Waals surface area contributed by atoms with E-state index < -0.39 is 0 Å². The second kappa shape index (κ2) is 7.71. The lowest BCUT2D eigenvalue weighted by Crippen LogP contribution is -2.15. The van der Waals surface area contributed by atoms with Crippen LogP contribution in [0.4, 0.5) is 0 Å². The molecule has 0 saturated carbocycles. The molecule has 0 aliphatic carbocycles. The molecule has 2 aromatic rings. The predicted molar refractivity (Wildman–Crippen MR) is 94.9 cm³/mol. The van der Waals surface area contributed by atoms with Gasteiger partial charge >= 0.3 is 0 Å². The maximum absolute atomic E-state index is 6.14. The molecule has 1 aliphatic heterocycles. The van der Waals surface area contributed by atoms with E-state index in [4.69, 9.17) is 39.5 Å². The van der Waals surface area contributed by atoms with E-state index in [-0.39, 0.29) is 0 Å². The molecular weight excluding hydrogens is 355 g/mol. The average molecular weight is 372 g/mol. The Hall–Kier alpha value is -1.00. The van der Waals surface area contributed by atoms with E-state index in [9.17, 15) is 0 Å². The Morgan fingerprint density at radius 2 is 1.96 bits per heavy atom. The third kappa shape index (κ3) is 4.30. The van der Waals surface area contributed by atoms with Gasteiger partial charge in [-0.05, 0) is 42.6 Å². The van der Waals surface area contributed by atoms with Crippen molar-refractivity contribution in [2.24, 2.45) is 5.92 Å². The highest BCUT2D eigenvalue weighted by atomic mass is 35.5. The maximum atomic E-state index is 6.14. The van der Waals surface area contributed by atoms with Crippen molar-refractivity contribution in [1.82, 2.24) is 10.3 Å². The fraction of sp³-hybridized carbons (Fsp3) is 0.353. The van der Waals surface area contributed by atoms with Crippen LogP contribution < -0.4 is 10.1 Å². The average Bonchev–Trinajstić information content (AvgIpc) is 3.00. The number of ether oxygens (including phenoxy) is 1. The van der Waals surface area contributed by atoms with Crippen LogP contribution in [-0.2, 0) is 0 Å². The molecule has 6 heteroatoms. The van der Waals surface area contributed by atoms with Gasteiger partial charge in [0.1, 0.15) is 0 Å². The van der Waals surface area contributed by atoms with E-state index in [0.29, 0.717) is 39.4 Å². The number of hydrogen-bond acceptors (Lipinski definition) is 3. The van der Waals surface area contributed by atoms with Crippen LogP contribution in [-0.4, -0.2) is 24.7 Å². The third-order valence-electron chi connectivity index (χ3n) is 4.15. The number of pyridine rings is 1. The van der Waals surface area contributed by atoms with E-state index in [1.807, 2.05) is 12.1 Å². The largest absolute Gasteiger partial charge is 0.478 e. The van der Waals surface area contributed by atoms with Gasteiger partial charge in [-0.2, -0.15) is 0 Å². The first-order chi connectivity index (χ1) is 11.1. The quantitative estimate of drug-likeness (QED) is 0.818. The number of rotatable bonds is 5. The Morgan fingerprint density at radius 1 is 1.09 bits per heavy atom. The summed E-state index contributed by atoms with van der Waals surface area (Å²) in [6.07, 6.45) is 2.54. The third-order valence-corrected chi connectivity index (χ3v) is 5.11. The zero-order chi connectivity index (χ0) is 16.2. The van der Waals surface area contributed by atoms with Gasteiger partial charge in [-0.25, -0.2) is 4.98 Å². The molecule has 1 N–H and O–H groups in total. The lowest BCUT2D eigenvalue weighted by molar-refractivity contribution is 0.267. The summed E-state index contributed by atoms with van der Waals surface area (Å²) >= 11 is 18.0. The molecule has 0 amide bonds. The minimum atomic E-state index is 0.423. The molecule has 1 aromatic carbocycles. The van der Waals surface area contributed by atoms with Crippen molar-refractivity contribution >= 4 is 34.8 Å². The molecular formula is C17H17Cl3N2O. The summed E-state index contributed by atoms with van der Waals surface area (Å²) in [6.45, 7) is 2.54. The summed E-state index contributed by atoms with van der Waals surface area (Å²) in [5, 5.41) is 5.26. The predicted octanol–water partition coefficient (Wildman–Crippen LogP) is 4.81. The molecule has 1 aliphatic rings. The lowest BCUT2D eigenvalue weighted by Gasteiger charge is -2.19. The molecule has 0 radical (unpaired) electrons. The molecule has 1 saturated heterocycles. The monoisotopic (exact) mass is 370 g/mol. The summed E-state index contributed by atoms with van der Waals surface area (Å²) < 4.78 is 5.71. The molecule has 0 unspecified atom stereocenters. The van der Waals surface area contributed by atoms with Crippen molar-refractivity contribution in [1.29, 1.82) is 0 Å².